The van der Waals surface area contributed by atoms with Crippen molar-refractivity contribution >= 4 is 27.7 Å². The zero-order valence-corrected chi connectivity index (χ0v) is 23.0. The average molecular weight is 583 g/mol. The maximum atomic E-state index is 12.9. The first-order chi connectivity index (χ1) is 18.5. The summed E-state index contributed by atoms with van der Waals surface area (Å²) < 4.78 is 68.5. The SMILES string of the molecule is Cc1cc(C(F)(F)F)nn1C=CN1CCC(c2nc(C3NCc4cccc(OS(C)(=O)=O)c4CN3)cs2)CC1. The second-order valence-electron chi connectivity index (χ2n) is 9.71. The van der Waals surface area contributed by atoms with Crippen LogP contribution in [0.15, 0.2) is 35.8 Å². The zero-order valence-electron chi connectivity index (χ0n) is 21.4. The number of aryl methyl sites for hydroxylation is 1. The van der Waals surface area contributed by atoms with E-state index in [4.69, 9.17) is 9.17 Å². The third-order valence-corrected chi connectivity index (χ3v) is 8.30. The summed E-state index contributed by atoms with van der Waals surface area (Å²) in [7, 11) is -3.64. The van der Waals surface area contributed by atoms with E-state index >= 15 is 0 Å². The number of piperidine rings is 1. The van der Waals surface area contributed by atoms with Gasteiger partial charge in [-0.1, -0.05) is 12.1 Å². The molecule has 1 atom stereocenters. The number of hydrogen-bond acceptors (Lipinski definition) is 9. The van der Waals surface area contributed by atoms with E-state index in [0.29, 0.717) is 30.5 Å². The molecule has 2 N–H and O–H groups in total. The van der Waals surface area contributed by atoms with E-state index in [2.05, 4.69) is 20.6 Å². The smallest absolute Gasteiger partial charge is 0.382 e. The summed E-state index contributed by atoms with van der Waals surface area (Å²) in [6.07, 6.45) is 1.50. The molecule has 4 heterocycles. The predicted octanol–water partition coefficient (Wildman–Crippen LogP) is 4.20. The van der Waals surface area contributed by atoms with Crippen LogP contribution in [0, 0.1) is 6.92 Å². The summed E-state index contributed by atoms with van der Waals surface area (Å²) in [6.45, 7) is 4.09. The van der Waals surface area contributed by atoms with Crippen molar-refractivity contribution in [3.63, 3.8) is 0 Å². The number of halogens is 3. The summed E-state index contributed by atoms with van der Waals surface area (Å²) in [5.74, 6) is 0.627. The fourth-order valence-electron chi connectivity index (χ4n) is 4.77. The molecular weight excluding hydrogens is 553 g/mol. The summed E-state index contributed by atoms with van der Waals surface area (Å²) in [5.41, 5.74) is 2.17. The predicted molar refractivity (Wildman–Crippen MR) is 141 cm³/mol. The highest BCUT2D eigenvalue weighted by Crippen LogP contribution is 2.33. The quantitative estimate of drug-likeness (QED) is 0.417. The van der Waals surface area contributed by atoms with E-state index in [1.54, 1.807) is 42.8 Å². The van der Waals surface area contributed by atoms with Gasteiger partial charge in [-0.05, 0) is 37.5 Å². The van der Waals surface area contributed by atoms with Gasteiger partial charge < -0.3 is 9.08 Å². The Bertz CT molecular complexity index is 1460. The molecule has 0 amide bonds. The van der Waals surface area contributed by atoms with Gasteiger partial charge in [-0.15, -0.1) is 11.3 Å². The fraction of sp³-hybridized carbons (Fsp3) is 0.440. The second-order valence-corrected chi connectivity index (χ2v) is 12.2. The lowest BCUT2D eigenvalue weighted by molar-refractivity contribution is -0.141. The van der Waals surface area contributed by atoms with Gasteiger partial charge in [0.05, 0.1) is 17.0 Å². The number of aromatic nitrogens is 3. The Labute approximate surface area is 228 Å². The molecule has 9 nitrogen and oxygen atoms in total. The topological polar surface area (TPSA) is 101 Å². The molecule has 1 saturated heterocycles. The van der Waals surface area contributed by atoms with E-state index in [0.717, 1.165) is 60.1 Å². The molecule has 3 aromatic rings. The van der Waals surface area contributed by atoms with Crippen LogP contribution in [0.3, 0.4) is 0 Å². The molecule has 1 fully saturated rings. The average Bonchev–Trinajstić information content (AvgIpc) is 3.44. The first-order valence-electron chi connectivity index (χ1n) is 12.4. The molecule has 1 unspecified atom stereocenters. The molecule has 5 rings (SSSR count). The molecular formula is C25H29F3N6O3S2. The zero-order chi connectivity index (χ0) is 27.8. The lowest BCUT2D eigenvalue weighted by Crippen LogP contribution is -2.31. The minimum atomic E-state index is -4.46. The molecule has 0 bridgehead atoms. The van der Waals surface area contributed by atoms with E-state index in [1.807, 2.05) is 11.4 Å². The van der Waals surface area contributed by atoms with Gasteiger partial charge in [0, 0.05) is 61.1 Å². The number of benzene rings is 1. The van der Waals surface area contributed by atoms with Crippen LogP contribution in [0.5, 0.6) is 5.75 Å². The van der Waals surface area contributed by atoms with Gasteiger partial charge >= 0.3 is 16.3 Å². The largest absolute Gasteiger partial charge is 0.435 e. The molecule has 0 spiro atoms. The van der Waals surface area contributed by atoms with Crippen molar-refractivity contribution in [1.29, 1.82) is 0 Å². The highest BCUT2D eigenvalue weighted by Gasteiger charge is 2.34. The highest BCUT2D eigenvalue weighted by molar-refractivity contribution is 7.86. The number of likely N-dealkylation sites (tertiary alicyclic amines) is 1. The maximum absolute atomic E-state index is 12.9. The van der Waals surface area contributed by atoms with Crippen LogP contribution >= 0.6 is 11.3 Å². The minimum Gasteiger partial charge on any atom is -0.382 e. The van der Waals surface area contributed by atoms with Crippen LogP contribution < -0.4 is 14.8 Å². The number of alkyl halides is 3. The Kier molecular flexibility index (Phi) is 7.73. The molecule has 210 valence electrons. The van der Waals surface area contributed by atoms with Crippen LogP contribution in [0.4, 0.5) is 13.2 Å². The van der Waals surface area contributed by atoms with Crippen LogP contribution in [-0.4, -0.2) is 47.4 Å². The first-order valence-corrected chi connectivity index (χ1v) is 15.1. The summed E-state index contributed by atoms with van der Waals surface area (Å²) in [4.78, 5) is 6.99. The first kappa shape index (κ1) is 27.6. The highest BCUT2D eigenvalue weighted by atomic mass is 32.2. The molecule has 2 aliphatic rings. The van der Waals surface area contributed by atoms with Crippen molar-refractivity contribution in [2.75, 3.05) is 19.3 Å². The van der Waals surface area contributed by atoms with Crippen molar-refractivity contribution in [3.8, 4) is 5.75 Å². The van der Waals surface area contributed by atoms with Gasteiger partial charge in [-0.3, -0.25) is 10.6 Å². The summed E-state index contributed by atoms with van der Waals surface area (Å²) in [6, 6.07) is 6.41. The standard InChI is InChI=1S/C25H29F3N6O3S2/c1-16-12-22(25(26,27)28)32-34(16)11-10-33-8-6-17(7-9-33)24-31-20(15-38-24)23-29-13-18-4-3-5-21(19(18)14-30-23)37-39(2,35)36/h3-5,10-12,15,17,23,29-30H,6-9,13-14H2,1-2H3. The molecule has 0 aliphatic carbocycles. The Hall–Kier alpha value is -2.94. The van der Waals surface area contributed by atoms with Crippen molar-refractivity contribution in [1.82, 2.24) is 30.3 Å². The normalized spacial score (nSPS) is 19.3. The van der Waals surface area contributed by atoms with Gasteiger partial charge in [-0.2, -0.15) is 26.7 Å². The Morgan fingerprint density at radius 1 is 1.15 bits per heavy atom. The molecule has 0 saturated carbocycles. The van der Waals surface area contributed by atoms with Gasteiger partial charge in [0.2, 0.25) is 0 Å². The molecule has 14 heteroatoms. The number of thiazole rings is 1. The van der Waals surface area contributed by atoms with Crippen LogP contribution in [-0.2, 0) is 29.4 Å². The van der Waals surface area contributed by atoms with Gasteiger partial charge in [0.1, 0.15) is 11.9 Å². The van der Waals surface area contributed by atoms with Crippen molar-refractivity contribution < 1.29 is 25.8 Å². The lowest BCUT2D eigenvalue weighted by atomic mass is 9.98. The van der Waals surface area contributed by atoms with E-state index in [-0.39, 0.29) is 6.17 Å². The monoisotopic (exact) mass is 582 g/mol. The molecule has 1 aromatic carbocycles. The number of rotatable bonds is 6. The lowest BCUT2D eigenvalue weighted by Gasteiger charge is -2.30. The maximum Gasteiger partial charge on any atom is 0.435 e. The Morgan fingerprint density at radius 3 is 2.59 bits per heavy atom. The van der Waals surface area contributed by atoms with Crippen LogP contribution in [0.2, 0.25) is 0 Å². The Morgan fingerprint density at radius 2 is 1.90 bits per heavy atom. The van der Waals surface area contributed by atoms with Gasteiger partial charge in [-0.25, -0.2) is 9.67 Å². The minimum absolute atomic E-state index is 0.199. The summed E-state index contributed by atoms with van der Waals surface area (Å²) in [5, 5.41) is 13.6. The number of fused-ring (bicyclic) bond motifs is 1. The number of hydrogen-bond donors (Lipinski definition) is 2. The van der Waals surface area contributed by atoms with E-state index in [9.17, 15) is 21.6 Å². The Balaban J connectivity index is 1.18. The van der Waals surface area contributed by atoms with Crippen molar-refractivity contribution in [2.45, 2.75) is 51.1 Å². The summed E-state index contributed by atoms with van der Waals surface area (Å²) >= 11 is 1.62. The fourth-order valence-corrected chi connectivity index (χ4v) is 6.27. The molecule has 0 radical (unpaired) electrons. The van der Waals surface area contributed by atoms with E-state index < -0.39 is 22.0 Å². The van der Waals surface area contributed by atoms with Crippen LogP contribution in [0.1, 0.15) is 58.1 Å². The third-order valence-electron chi connectivity index (χ3n) is 6.80. The van der Waals surface area contributed by atoms with Gasteiger partial charge in [0.25, 0.3) is 0 Å². The number of nitrogens with zero attached hydrogens (tertiary/aromatic N) is 4. The molecule has 2 aromatic heterocycles. The number of nitrogens with one attached hydrogen (secondary N) is 2. The van der Waals surface area contributed by atoms with E-state index in [1.165, 1.54) is 4.68 Å². The molecule has 39 heavy (non-hydrogen) atoms. The van der Waals surface area contributed by atoms with Crippen molar-refractivity contribution in [2.24, 2.45) is 0 Å². The van der Waals surface area contributed by atoms with Crippen molar-refractivity contribution in [3.05, 3.63) is 69.1 Å². The van der Waals surface area contributed by atoms with Gasteiger partial charge in [0.15, 0.2) is 5.69 Å². The van der Waals surface area contributed by atoms with Crippen LogP contribution in [0.25, 0.3) is 6.20 Å². The second kappa shape index (κ2) is 10.9. The molecule has 2 aliphatic heterocycles. The third kappa shape index (κ3) is 6.62.